The zero-order chi connectivity index (χ0) is 23.6. The monoisotopic (exact) mass is 462 g/mol. The first-order chi connectivity index (χ1) is 16.0. The number of hydrogen-bond donors (Lipinski definition) is 1. The van der Waals surface area contributed by atoms with Crippen LogP contribution in [-0.4, -0.2) is 29.3 Å². The van der Waals surface area contributed by atoms with Crippen LogP contribution in [0.4, 0.5) is 0 Å². The van der Waals surface area contributed by atoms with Gasteiger partial charge < -0.3 is 10.2 Å². The molecule has 33 heavy (non-hydrogen) atoms. The highest BCUT2D eigenvalue weighted by Crippen LogP contribution is 2.21. The van der Waals surface area contributed by atoms with Crippen LogP contribution in [0.3, 0.4) is 0 Å². The number of likely N-dealkylation sites (N-methyl/N-ethyl adjacent to an activating group) is 1. The third kappa shape index (κ3) is 7.19. The molecular weight excluding hydrogens is 432 g/mol. The van der Waals surface area contributed by atoms with E-state index in [1.54, 1.807) is 4.90 Å². The summed E-state index contributed by atoms with van der Waals surface area (Å²) >= 11 is 6.43. The zero-order valence-corrected chi connectivity index (χ0v) is 20.0. The molecule has 4 nitrogen and oxygen atoms in total. The minimum atomic E-state index is -0.630. The number of amides is 2. The predicted molar refractivity (Wildman–Crippen MR) is 134 cm³/mol. The van der Waals surface area contributed by atoms with Crippen molar-refractivity contribution in [1.29, 1.82) is 0 Å². The van der Waals surface area contributed by atoms with Crippen LogP contribution < -0.4 is 5.32 Å². The Morgan fingerprint density at radius 3 is 2.24 bits per heavy atom. The normalized spacial score (nSPS) is 11.6. The third-order valence-electron chi connectivity index (χ3n) is 5.67. The van der Waals surface area contributed by atoms with E-state index >= 15 is 0 Å². The van der Waals surface area contributed by atoms with Crippen molar-refractivity contribution < 1.29 is 9.59 Å². The number of rotatable bonds is 10. The van der Waals surface area contributed by atoms with Gasteiger partial charge in [0.25, 0.3) is 0 Å². The number of carbonyl (C=O) groups is 2. The summed E-state index contributed by atoms with van der Waals surface area (Å²) in [4.78, 5) is 28.4. The number of halogens is 1. The van der Waals surface area contributed by atoms with Gasteiger partial charge in [-0.05, 0) is 43.0 Å². The van der Waals surface area contributed by atoms with Crippen molar-refractivity contribution in [3.8, 4) is 0 Å². The van der Waals surface area contributed by atoms with Crippen molar-refractivity contribution in [2.24, 2.45) is 0 Å². The summed E-state index contributed by atoms with van der Waals surface area (Å²) in [5.41, 5.74) is 4.11. The number of benzene rings is 3. The predicted octanol–water partition coefficient (Wildman–Crippen LogP) is 5.36. The van der Waals surface area contributed by atoms with E-state index in [0.717, 1.165) is 16.7 Å². The fourth-order valence-electron chi connectivity index (χ4n) is 3.81. The molecule has 0 aliphatic heterocycles. The van der Waals surface area contributed by atoms with E-state index in [0.29, 0.717) is 30.8 Å². The summed E-state index contributed by atoms with van der Waals surface area (Å²) in [6, 6.07) is 24.8. The molecule has 1 N–H and O–H groups in total. The molecule has 0 aromatic heterocycles. The fourth-order valence-corrected chi connectivity index (χ4v) is 4.00. The highest BCUT2D eigenvalue weighted by atomic mass is 35.5. The van der Waals surface area contributed by atoms with Gasteiger partial charge in [-0.15, -0.1) is 0 Å². The van der Waals surface area contributed by atoms with Crippen molar-refractivity contribution in [1.82, 2.24) is 10.2 Å². The van der Waals surface area contributed by atoms with E-state index in [2.05, 4.69) is 5.32 Å². The van der Waals surface area contributed by atoms with Gasteiger partial charge >= 0.3 is 0 Å². The minimum absolute atomic E-state index is 0.0670. The van der Waals surface area contributed by atoms with E-state index in [1.165, 1.54) is 5.56 Å². The first-order valence-corrected chi connectivity index (χ1v) is 11.8. The largest absolute Gasteiger partial charge is 0.355 e. The van der Waals surface area contributed by atoms with Crippen LogP contribution in [0.2, 0.25) is 5.02 Å². The van der Waals surface area contributed by atoms with Gasteiger partial charge in [-0.25, -0.2) is 0 Å². The fraction of sp³-hybridized carbons (Fsp3) is 0.286. The highest BCUT2D eigenvalue weighted by Gasteiger charge is 2.30. The Labute approximate surface area is 201 Å². The zero-order valence-electron chi connectivity index (χ0n) is 19.3. The second-order valence-corrected chi connectivity index (χ2v) is 8.61. The Morgan fingerprint density at radius 2 is 1.58 bits per heavy atom. The first kappa shape index (κ1) is 24.5. The van der Waals surface area contributed by atoms with Crippen molar-refractivity contribution in [2.75, 3.05) is 6.54 Å². The quantitative estimate of drug-likeness (QED) is 0.441. The lowest BCUT2D eigenvalue weighted by Crippen LogP contribution is -2.50. The van der Waals surface area contributed by atoms with Crippen LogP contribution >= 0.6 is 11.6 Å². The van der Waals surface area contributed by atoms with Crippen LogP contribution in [0, 0.1) is 6.92 Å². The minimum Gasteiger partial charge on any atom is -0.355 e. The summed E-state index contributed by atoms with van der Waals surface area (Å²) in [5.74, 6) is -0.222. The first-order valence-electron chi connectivity index (χ1n) is 11.4. The van der Waals surface area contributed by atoms with Crippen LogP contribution in [0.1, 0.15) is 35.6 Å². The van der Waals surface area contributed by atoms with Crippen LogP contribution in [0.5, 0.6) is 0 Å². The molecule has 0 saturated carbocycles. The van der Waals surface area contributed by atoms with Crippen LogP contribution in [-0.2, 0) is 29.0 Å². The maximum atomic E-state index is 13.5. The average Bonchev–Trinajstić information content (AvgIpc) is 2.82. The van der Waals surface area contributed by atoms with Crippen LogP contribution in [0.25, 0.3) is 0 Å². The lowest BCUT2D eigenvalue weighted by Gasteiger charge is -2.32. The molecule has 0 bridgehead atoms. The van der Waals surface area contributed by atoms with Crippen molar-refractivity contribution >= 4 is 23.4 Å². The molecule has 0 fully saturated rings. The smallest absolute Gasteiger partial charge is 0.243 e. The molecule has 0 saturated heterocycles. The number of hydrogen-bond acceptors (Lipinski definition) is 2. The Morgan fingerprint density at radius 1 is 0.909 bits per heavy atom. The standard InChI is InChI=1S/C28H31ClN2O2/c1-3-30-28(33)26(19-23-9-5-4-6-10-23)31(20-24-11-7-8-12-25(24)29)27(32)18-17-22-15-13-21(2)14-16-22/h4-16,26H,3,17-20H2,1-2H3,(H,30,33)/t26-/m1/s1. The van der Waals surface area contributed by atoms with Gasteiger partial charge in [0.05, 0.1) is 0 Å². The van der Waals surface area contributed by atoms with E-state index in [4.69, 9.17) is 11.6 Å². The number of nitrogens with one attached hydrogen (secondary N) is 1. The van der Waals surface area contributed by atoms with E-state index in [-0.39, 0.29) is 18.4 Å². The molecule has 5 heteroatoms. The lowest BCUT2D eigenvalue weighted by molar-refractivity contribution is -0.141. The van der Waals surface area contributed by atoms with Gasteiger partial charge in [0.15, 0.2) is 0 Å². The molecular formula is C28H31ClN2O2. The van der Waals surface area contributed by atoms with Gasteiger partial charge in [0.1, 0.15) is 6.04 Å². The molecule has 0 heterocycles. The van der Waals surface area contributed by atoms with Gasteiger partial charge in [-0.3, -0.25) is 9.59 Å². The highest BCUT2D eigenvalue weighted by molar-refractivity contribution is 6.31. The molecule has 0 aliphatic rings. The Kier molecular flexibility index (Phi) is 9.08. The molecule has 172 valence electrons. The maximum absolute atomic E-state index is 13.5. The number of carbonyl (C=O) groups excluding carboxylic acids is 2. The summed E-state index contributed by atoms with van der Waals surface area (Å²) < 4.78 is 0. The molecule has 0 unspecified atom stereocenters. The lowest BCUT2D eigenvalue weighted by atomic mass is 10.0. The second kappa shape index (κ2) is 12.2. The van der Waals surface area contributed by atoms with Crippen molar-refractivity contribution in [3.05, 3.63) is 106 Å². The van der Waals surface area contributed by atoms with Crippen molar-refractivity contribution in [2.45, 2.75) is 45.7 Å². The Balaban J connectivity index is 1.89. The molecule has 0 spiro atoms. The molecule has 1 atom stereocenters. The van der Waals surface area contributed by atoms with Gasteiger partial charge in [-0.1, -0.05) is 90.0 Å². The molecule has 2 amide bonds. The summed E-state index contributed by atoms with van der Waals surface area (Å²) in [6.45, 7) is 4.71. The molecule has 3 rings (SSSR count). The second-order valence-electron chi connectivity index (χ2n) is 8.20. The Bertz CT molecular complexity index is 1050. The third-order valence-corrected chi connectivity index (χ3v) is 6.04. The molecule has 3 aromatic carbocycles. The van der Waals surface area contributed by atoms with Gasteiger partial charge in [0, 0.05) is 31.0 Å². The van der Waals surface area contributed by atoms with Gasteiger partial charge in [0.2, 0.25) is 11.8 Å². The topological polar surface area (TPSA) is 49.4 Å². The summed E-state index contributed by atoms with van der Waals surface area (Å²) in [7, 11) is 0. The number of aryl methyl sites for hydroxylation is 2. The average molecular weight is 463 g/mol. The maximum Gasteiger partial charge on any atom is 0.243 e. The van der Waals surface area contributed by atoms with E-state index in [1.807, 2.05) is 92.7 Å². The molecule has 0 radical (unpaired) electrons. The van der Waals surface area contributed by atoms with E-state index < -0.39 is 6.04 Å². The van der Waals surface area contributed by atoms with Crippen LogP contribution in [0.15, 0.2) is 78.9 Å². The Hall–Kier alpha value is -3.11. The van der Waals surface area contributed by atoms with Gasteiger partial charge in [-0.2, -0.15) is 0 Å². The summed E-state index contributed by atoms with van der Waals surface area (Å²) in [5, 5.41) is 3.50. The SMILES string of the molecule is CCNC(=O)[C@@H](Cc1ccccc1)N(Cc1ccccc1Cl)C(=O)CCc1ccc(C)cc1. The van der Waals surface area contributed by atoms with Crippen molar-refractivity contribution in [3.63, 3.8) is 0 Å². The molecule has 0 aliphatic carbocycles. The van der Waals surface area contributed by atoms with E-state index in [9.17, 15) is 9.59 Å². The number of nitrogens with zero attached hydrogens (tertiary/aromatic N) is 1. The summed E-state index contributed by atoms with van der Waals surface area (Å²) in [6.07, 6.45) is 1.37. The molecule has 3 aromatic rings.